The molecule has 1 aliphatic heterocycles. The Morgan fingerprint density at radius 3 is 2.70 bits per heavy atom. The van der Waals surface area contributed by atoms with Crippen LogP contribution in [-0.4, -0.2) is 67.6 Å². The predicted molar refractivity (Wildman–Crippen MR) is 179 cm³/mol. The molecule has 47 heavy (non-hydrogen) atoms. The first kappa shape index (κ1) is 32.3. The van der Waals surface area contributed by atoms with Crippen molar-refractivity contribution in [2.75, 3.05) is 31.7 Å². The van der Waals surface area contributed by atoms with Crippen molar-refractivity contribution < 1.29 is 27.8 Å². The number of aryl methyl sites for hydroxylation is 1. The van der Waals surface area contributed by atoms with Gasteiger partial charge in [-0.25, -0.2) is 23.2 Å². The number of methoxy groups -OCH3 is 1. The number of sulfone groups is 1. The van der Waals surface area contributed by atoms with E-state index in [1.54, 1.807) is 31.4 Å². The van der Waals surface area contributed by atoms with Crippen molar-refractivity contribution in [1.82, 2.24) is 9.97 Å². The Morgan fingerprint density at radius 1 is 1.13 bits per heavy atom. The van der Waals surface area contributed by atoms with Gasteiger partial charge < -0.3 is 19.5 Å². The van der Waals surface area contributed by atoms with E-state index in [1.807, 2.05) is 6.07 Å². The topological polar surface area (TPSA) is 119 Å². The van der Waals surface area contributed by atoms with Crippen molar-refractivity contribution in [3.05, 3.63) is 76.6 Å². The number of rotatable bonds is 8. The Morgan fingerprint density at radius 2 is 1.96 bits per heavy atom. The molecule has 2 aromatic carbocycles. The molecule has 7 rings (SSSR count). The molecule has 6 atom stereocenters. The molecule has 9 nitrogen and oxygen atoms in total. The number of halogens is 1. The van der Waals surface area contributed by atoms with Crippen LogP contribution in [0, 0.1) is 17.8 Å². The van der Waals surface area contributed by atoms with Crippen molar-refractivity contribution >= 4 is 33.1 Å². The molecule has 1 spiro atoms. The number of carboxylic acids is 1. The highest BCUT2D eigenvalue weighted by atomic mass is 35.5. The molecule has 11 heteroatoms. The highest BCUT2D eigenvalue weighted by Gasteiger charge is 2.47. The first-order chi connectivity index (χ1) is 22.7. The number of aromatic carboxylic acids is 1. The monoisotopic (exact) mass is 679 g/mol. The second-order valence-electron chi connectivity index (χ2n) is 13.9. The summed E-state index contributed by atoms with van der Waals surface area (Å²) in [6.45, 7) is 1.95. The molecule has 0 amide bonds. The summed E-state index contributed by atoms with van der Waals surface area (Å²) in [7, 11) is -1.88. The number of hydrogen-bond acceptors (Lipinski definition) is 8. The third-order valence-corrected chi connectivity index (χ3v) is 13.5. The number of nitrogens with zero attached hydrogens (tertiary/aromatic N) is 3. The zero-order chi connectivity index (χ0) is 32.8. The lowest BCUT2D eigenvalue weighted by molar-refractivity contribution is -0.0589. The van der Waals surface area contributed by atoms with E-state index >= 15 is 0 Å². The molecule has 2 saturated carbocycles. The molecule has 0 unspecified atom stereocenters. The van der Waals surface area contributed by atoms with Gasteiger partial charge in [-0.1, -0.05) is 24.1 Å². The minimum absolute atomic E-state index is 0.0667. The van der Waals surface area contributed by atoms with E-state index in [-0.39, 0.29) is 34.1 Å². The van der Waals surface area contributed by atoms with E-state index < -0.39 is 21.1 Å². The maximum absolute atomic E-state index is 13.5. The van der Waals surface area contributed by atoms with Gasteiger partial charge in [-0.05, 0) is 117 Å². The summed E-state index contributed by atoms with van der Waals surface area (Å²) in [5, 5.41) is 10.0. The van der Waals surface area contributed by atoms with Gasteiger partial charge in [0.05, 0.1) is 29.2 Å². The van der Waals surface area contributed by atoms with E-state index in [0.29, 0.717) is 37.7 Å². The quantitative estimate of drug-likeness (QED) is 0.271. The van der Waals surface area contributed by atoms with Gasteiger partial charge in [0, 0.05) is 43.0 Å². The first-order valence-electron chi connectivity index (χ1n) is 16.8. The third kappa shape index (κ3) is 6.13. The molecule has 3 aliphatic carbocycles. The Bertz CT molecular complexity index is 1740. The van der Waals surface area contributed by atoms with Crippen molar-refractivity contribution in [3.8, 4) is 5.75 Å². The Kier molecular flexibility index (Phi) is 8.95. The van der Waals surface area contributed by atoms with Crippen LogP contribution in [-0.2, 0) is 26.4 Å². The van der Waals surface area contributed by atoms with Crippen molar-refractivity contribution in [2.45, 2.75) is 79.7 Å². The van der Waals surface area contributed by atoms with Crippen LogP contribution in [0.2, 0.25) is 5.02 Å². The second-order valence-corrected chi connectivity index (χ2v) is 16.5. The van der Waals surface area contributed by atoms with E-state index in [4.69, 9.17) is 21.1 Å². The SMILES string of the molecule is CO[C@@H]([C@H]1CCC[C@@H](S(=O)(=O)c2ncccn2)C1)[C@@H]1CC[C@H]1CN1C[C@@]2(CCCc3cc(Cl)ccc32)COc2ccc(C(=O)O)cc21. The van der Waals surface area contributed by atoms with Crippen LogP contribution in [0.5, 0.6) is 5.75 Å². The van der Waals surface area contributed by atoms with Crippen LogP contribution in [0.25, 0.3) is 0 Å². The van der Waals surface area contributed by atoms with Crippen molar-refractivity contribution in [1.29, 1.82) is 0 Å². The number of aromatic nitrogens is 2. The third-order valence-electron chi connectivity index (χ3n) is 11.3. The molecule has 4 aliphatic rings. The number of carbonyl (C=O) groups is 1. The molecule has 0 radical (unpaired) electrons. The number of fused-ring (bicyclic) bond motifs is 3. The first-order valence-corrected chi connectivity index (χ1v) is 18.7. The van der Waals surface area contributed by atoms with Gasteiger partial charge in [0.25, 0.3) is 0 Å². The minimum atomic E-state index is -3.64. The van der Waals surface area contributed by atoms with Crippen LogP contribution in [0.3, 0.4) is 0 Å². The highest BCUT2D eigenvalue weighted by molar-refractivity contribution is 7.91. The molecule has 2 heterocycles. The van der Waals surface area contributed by atoms with E-state index in [2.05, 4.69) is 27.0 Å². The van der Waals surface area contributed by atoms with Gasteiger partial charge in [0.1, 0.15) is 5.75 Å². The fourth-order valence-corrected chi connectivity index (χ4v) is 10.7. The van der Waals surface area contributed by atoms with Gasteiger partial charge in [-0.2, -0.15) is 0 Å². The number of hydrogen-bond donors (Lipinski definition) is 1. The maximum atomic E-state index is 13.5. The summed E-state index contributed by atoms with van der Waals surface area (Å²) < 4.78 is 39.7. The van der Waals surface area contributed by atoms with Crippen molar-refractivity contribution in [2.24, 2.45) is 17.8 Å². The molecule has 0 bridgehead atoms. The van der Waals surface area contributed by atoms with Crippen LogP contribution in [0.1, 0.15) is 72.9 Å². The van der Waals surface area contributed by atoms with Gasteiger partial charge >= 0.3 is 5.97 Å². The number of carboxylic acid groups (broad SMARTS) is 1. The zero-order valence-corrected chi connectivity index (χ0v) is 28.3. The lowest BCUT2D eigenvalue weighted by Crippen LogP contribution is -2.51. The predicted octanol–water partition coefficient (Wildman–Crippen LogP) is 6.38. The Hall–Kier alpha value is -3.21. The number of ether oxygens (including phenoxy) is 2. The summed E-state index contributed by atoms with van der Waals surface area (Å²) in [6, 6.07) is 13.0. The van der Waals surface area contributed by atoms with Gasteiger partial charge in [0.2, 0.25) is 15.0 Å². The average Bonchev–Trinajstić information content (AvgIpc) is 3.22. The smallest absolute Gasteiger partial charge is 0.335 e. The molecule has 3 aromatic rings. The lowest BCUT2D eigenvalue weighted by atomic mass is 9.65. The van der Waals surface area contributed by atoms with Crippen LogP contribution < -0.4 is 9.64 Å². The molecular weight excluding hydrogens is 638 g/mol. The number of anilines is 1. The van der Waals surface area contributed by atoms with Crippen LogP contribution >= 0.6 is 11.6 Å². The summed E-state index contributed by atoms with van der Waals surface area (Å²) in [4.78, 5) is 22.6. The minimum Gasteiger partial charge on any atom is -0.490 e. The maximum Gasteiger partial charge on any atom is 0.335 e. The average molecular weight is 680 g/mol. The van der Waals surface area contributed by atoms with Gasteiger partial charge in [-0.15, -0.1) is 0 Å². The summed E-state index contributed by atoms with van der Waals surface area (Å²) in [5.74, 6) is 0.426. The largest absolute Gasteiger partial charge is 0.490 e. The summed E-state index contributed by atoms with van der Waals surface area (Å²) in [6.07, 6.45) is 10.8. The Labute approximate surface area is 281 Å². The van der Waals surface area contributed by atoms with E-state index in [0.717, 1.165) is 62.2 Å². The fourth-order valence-electron chi connectivity index (χ4n) is 8.84. The summed E-state index contributed by atoms with van der Waals surface area (Å²) in [5.41, 5.74) is 3.31. The van der Waals surface area contributed by atoms with Crippen LogP contribution in [0.4, 0.5) is 5.69 Å². The molecule has 1 aromatic heterocycles. The normalized spacial score (nSPS) is 27.9. The van der Waals surface area contributed by atoms with Crippen molar-refractivity contribution in [3.63, 3.8) is 0 Å². The number of benzene rings is 2. The Balaban J connectivity index is 1.16. The molecule has 1 N–H and O–H groups in total. The standard InChI is InChI=1S/C36H42ClN3O6S/c1-45-33(24-5-2-7-28(18-24)47(43,44)35-38-15-4-16-39-35)29-11-8-26(29)20-40-21-36(14-3-6-23-17-27(37)10-12-30(23)36)22-46-32-13-9-25(34(41)42)19-31(32)40/h4,9-10,12-13,15-17,19,24,26,28-29,33H,2-3,5-8,11,14,18,20-22H2,1H3,(H,41,42)/t24-,26-,28+,29+,33-,36-/m0/s1. The molecule has 0 saturated heterocycles. The van der Waals surface area contributed by atoms with E-state index in [9.17, 15) is 18.3 Å². The molecule has 2 fully saturated rings. The van der Waals surface area contributed by atoms with Gasteiger partial charge in [0.15, 0.2) is 0 Å². The van der Waals surface area contributed by atoms with Gasteiger partial charge in [-0.3, -0.25) is 0 Å². The summed E-state index contributed by atoms with van der Waals surface area (Å²) >= 11 is 6.42. The highest BCUT2D eigenvalue weighted by Crippen LogP contribution is 2.48. The lowest BCUT2D eigenvalue weighted by Gasteiger charge is -2.48. The fraction of sp³-hybridized carbons (Fsp3) is 0.528. The molecular formula is C36H42ClN3O6S. The zero-order valence-electron chi connectivity index (χ0n) is 26.7. The van der Waals surface area contributed by atoms with Crippen LogP contribution in [0.15, 0.2) is 60.0 Å². The second kappa shape index (κ2) is 13.0. The van der Waals surface area contributed by atoms with E-state index in [1.165, 1.54) is 23.5 Å². The molecule has 250 valence electrons.